The van der Waals surface area contributed by atoms with Crippen LogP contribution in [-0.4, -0.2) is 22.2 Å². The van der Waals surface area contributed by atoms with E-state index < -0.39 is 13.4 Å². The van der Waals surface area contributed by atoms with E-state index >= 15 is 0 Å². The topological polar surface area (TPSA) is 92.8 Å². The minimum Gasteiger partial charge on any atom is -0.494 e. The Morgan fingerprint density at radius 2 is 1.79 bits per heavy atom. The summed E-state index contributed by atoms with van der Waals surface area (Å²) in [4.78, 5) is 17.6. The summed E-state index contributed by atoms with van der Waals surface area (Å²) in [7, 11) is -4.11. The normalized spacial score (nSPS) is 12.6. The number of ether oxygens (including phenoxy) is 1. The van der Waals surface area contributed by atoms with E-state index in [2.05, 4.69) is 0 Å². The first-order valence-electron chi connectivity index (χ1n) is 5.99. The molecule has 0 heterocycles. The lowest BCUT2D eigenvalue weighted by Gasteiger charge is -2.12. The van der Waals surface area contributed by atoms with Crippen LogP contribution in [0.2, 0.25) is 0 Å². The third-order valence-corrected chi connectivity index (χ3v) is 3.71. The minimum absolute atomic E-state index is 0. The van der Waals surface area contributed by atoms with Gasteiger partial charge in [-0.05, 0) is 31.4 Å². The number of nitrogens with two attached hydrogens (primary N) is 1. The summed E-state index contributed by atoms with van der Waals surface area (Å²) < 4.78 is 16.3. The molecule has 1 rings (SSSR count). The Hall–Kier alpha value is -0.390. The molecule has 19 heavy (non-hydrogen) atoms. The molecule has 5 nitrogen and oxygen atoms in total. The van der Waals surface area contributed by atoms with Crippen LogP contribution in [0.5, 0.6) is 5.75 Å². The lowest BCUT2D eigenvalue weighted by molar-refractivity contribution is 0.303. The van der Waals surface area contributed by atoms with Gasteiger partial charge in [0.2, 0.25) is 0 Å². The van der Waals surface area contributed by atoms with Crippen molar-refractivity contribution in [2.45, 2.75) is 31.5 Å². The third-order valence-electron chi connectivity index (χ3n) is 2.59. The van der Waals surface area contributed by atoms with Gasteiger partial charge in [-0.15, -0.1) is 17.0 Å². The predicted octanol–water partition coefficient (Wildman–Crippen LogP) is 2.67. The highest BCUT2D eigenvalue weighted by Gasteiger charge is 2.23. The second-order valence-corrected chi connectivity index (χ2v) is 6.01. The molecule has 1 unspecified atom stereocenters. The first-order chi connectivity index (χ1) is 8.50. The summed E-state index contributed by atoms with van der Waals surface area (Å²) in [5.74, 6) is -0.197. The highest BCUT2D eigenvalue weighted by atomic mass is 79.9. The van der Waals surface area contributed by atoms with Crippen molar-refractivity contribution in [1.29, 1.82) is 0 Å². The quantitative estimate of drug-likeness (QED) is 0.493. The van der Waals surface area contributed by atoms with Gasteiger partial charge in [-0.2, -0.15) is 0 Å². The maximum atomic E-state index is 10.8. The van der Waals surface area contributed by atoms with E-state index in [1.54, 1.807) is 0 Å². The number of rotatable bonds is 8. The number of halogens is 1. The van der Waals surface area contributed by atoms with Crippen molar-refractivity contribution >= 4 is 24.6 Å². The Morgan fingerprint density at radius 3 is 2.37 bits per heavy atom. The molecular weight excluding hydrogens is 333 g/mol. The van der Waals surface area contributed by atoms with Crippen LogP contribution in [0.15, 0.2) is 30.3 Å². The molecule has 0 aliphatic rings. The van der Waals surface area contributed by atoms with Gasteiger partial charge in [0.1, 0.15) is 11.5 Å². The van der Waals surface area contributed by atoms with Gasteiger partial charge in [0, 0.05) is 0 Å². The van der Waals surface area contributed by atoms with Crippen molar-refractivity contribution in [3.05, 3.63) is 30.3 Å². The fraction of sp³-hybridized carbons (Fsp3) is 0.500. The van der Waals surface area contributed by atoms with Gasteiger partial charge in [0.25, 0.3) is 0 Å². The second-order valence-electron chi connectivity index (χ2n) is 4.17. The Kier molecular flexibility index (Phi) is 9.31. The zero-order valence-corrected chi connectivity index (χ0v) is 13.3. The van der Waals surface area contributed by atoms with Gasteiger partial charge in [-0.25, -0.2) is 0 Å². The summed E-state index contributed by atoms with van der Waals surface area (Å²) in [5.41, 5.74) is 5.36. The summed E-state index contributed by atoms with van der Waals surface area (Å²) in [6.07, 6.45) is 2.74. The molecule has 0 aromatic heterocycles. The van der Waals surface area contributed by atoms with Crippen LogP contribution in [-0.2, 0) is 4.57 Å². The average molecular weight is 354 g/mol. The zero-order valence-electron chi connectivity index (χ0n) is 10.6. The molecule has 0 fully saturated rings. The Labute approximate surface area is 124 Å². The van der Waals surface area contributed by atoms with Crippen molar-refractivity contribution in [2.24, 2.45) is 5.73 Å². The highest BCUT2D eigenvalue weighted by molar-refractivity contribution is 8.93. The average Bonchev–Trinajstić information content (AvgIpc) is 2.33. The minimum atomic E-state index is -4.11. The van der Waals surface area contributed by atoms with Gasteiger partial charge < -0.3 is 20.3 Å². The van der Waals surface area contributed by atoms with Crippen molar-refractivity contribution < 1.29 is 19.1 Å². The van der Waals surface area contributed by atoms with E-state index in [-0.39, 0.29) is 17.0 Å². The van der Waals surface area contributed by atoms with Gasteiger partial charge in [-0.3, -0.25) is 4.57 Å². The van der Waals surface area contributed by atoms with Crippen molar-refractivity contribution in [2.75, 3.05) is 6.61 Å². The SMILES string of the molecule is Br.NC(CCCCCOc1ccccc1)P(=O)(O)O. The highest BCUT2D eigenvalue weighted by Crippen LogP contribution is 2.40. The molecule has 0 bridgehead atoms. The molecule has 0 amide bonds. The first-order valence-corrected chi connectivity index (χ1v) is 7.67. The van der Waals surface area contributed by atoms with Crippen LogP contribution in [0.3, 0.4) is 0 Å². The van der Waals surface area contributed by atoms with Gasteiger partial charge >= 0.3 is 7.60 Å². The van der Waals surface area contributed by atoms with Crippen molar-refractivity contribution in [1.82, 2.24) is 0 Å². The maximum absolute atomic E-state index is 10.8. The molecule has 0 saturated heterocycles. The molecule has 1 atom stereocenters. The summed E-state index contributed by atoms with van der Waals surface area (Å²) in [6, 6.07) is 9.53. The predicted molar refractivity (Wildman–Crippen MR) is 80.7 cm³/mol. The molecule has 0 aliphatic carbocycles. The molecular formula is C12H21BrNO4P. The van der Waals surface area contributed by atoms with Crippen LogP contribution >= 0.6 is 24.6 Å². The summed E-state index contributed by atoms with van der Waals surface area (Å²) in [6.45, 7) is 0.606. The monoisotopic (exact) mass is 353 g/mol. The lowest BCUT2D eigenvalue weighted by Crippen LogP contribution is -2.19. The largest absolute Gasteiger partial charge is 0.494 e. The number of unbranched alkanes of at least 4 members (excludes halogenated alkanes) is 2. The molecule has 0 spiro atoms. The Bertz CT molecular complexity index is 385. The Morgan fingerprint density at radius 1 is 1.16 bits per heavy atom. The van der Waals surface area contributed by atoms with Crippen molar-refractivity contribution in [3.63, 3.8) is 0 Å². The number of hydrogen-bond donors (Lipinski definition) is 3. The molecule has 1 aromatic rings. The summed E-state index contributed by atoms with van der Waals surface area (Å²) >= 11 is 0. The van der Waals surface area contributed by atoms with Gasteiger partial charge in [0.05, 0.1) is 6.61 Å². The second kappa shape index (κ2) is 9.50. The van der Waals surface area contributed by atoms with E-state index in [4.69, 9.17) is 20.3 Å². The van der Waals surface area contributed by atoms with Crippen LogP contribution < -0.4 is 10.5 Å². The zero-order chi connectivity index (χ0) is 13.4. The van der Waals surface area contributed by atoms with E-state index in [1.807, 2.05) is 30.3 Å². The smallest absolute Gasteiger partial charge is 0.342 e. The molecule has 7 heteroatoms. The number of para-hydroxylation sites is 1. The molecule has 4 N–H and O–H groups in total. The van der Waals surface area contributed by atoms with E-state index in [9.17, 15) is 4.57 Å². The standard InChI is InChI=1S/C12H20NO4P.BrH/c13-12(18(14,15)16)9-5-2-6-10-17-11-7-3-1-4-8-11;/h1,3-4,7-8,12H,2,5-6,9-10,13H2,(H2,14,15,16);1H. The van der Waals surface area contributed by atoms with Crippen LogP contribution in [0.1, 0.15) is 25.7 Å². The Balaban J connectivity index is 0.00000324. The van der Waals surface area contributed by atoms with Crippen LogP contribution in [0.25, 0.3) is 0 Å². The first kappa shape index (κ1) is 18.6. The van der Waals surface area contributed by atoms with Gasteiger partial charge in [0.15, 0.2) is 0 Å². The fourth-order valence-electron chi connectivity index (χ4n) is 1.51. The van der Waals surface area contributed by atoms with E-state index in [0.29, 0.717) is 19.4 Å². The van der Waals surface area contributed by atoms with Crippen LogP contribution in [0, 0.1) is 0 Å². The molecule has 0 saturated carbocycles. The van der Waals surface area contributed by atoms with Gasteiger partial charge in [-0.1, -0.05) is 24.6 Å². The third kappa shape index (κ3) is 8.39. The molecule has 0 aliphatic heterocycles. The number of hydrogen-bond acceptors (Lipinski definition) is 3. The molecule has 1 aromatic carbocycles. The molecule has 0 radical (unpaired) electrons. The van der Waals surface area contributed by atoms with E-state index in [0.717, 1.165) is 18.6 Å². The number of benzene rings is 1. The maximum Gasteiger partial charge on any atom is 0.342 e. The molecule has 110 valence electrons. The van der Waals surface area contributed by atoms with Crippen molar-refractivity contribution in [3.8, 4) is 5.75 Å². The lowest BCUT2D eigenvalue weighted by atomic mass is 10.2. The van der Waals surface area contributed by atoms with E-state index in [1.165, 1.54) is 0 Å². The van der Waals surface area contributed by atoms with Crippen LogP contribution in [0.4, 0.5) is 0 Å². The fourth-order valence-corrected chi connectivity index (χ4v) is 2.03. The summed E-state index contributed by atoms with van der Waals surface area (Å²) in [5, 5.41) is 0.